The molecule has 1 unspecified atom stereocenters. The molecule has 0 heterocycles. The molecule has 0 aliphatic carbocycles. The summed E-state index contributed by atoms with van der Waals surface area (Å²) < 4.78 is 15.6. The third-order valence-corrected chi connectivity index (χ3v) is 4.02. The Labute approximate surface area is 153 Å². The van der Waals surface area contributed by atoms with Crippen molar-refractivity contribution >= 4 is 5.91 Å². The summed E-state index contributed by atoms with van der Waals surface area (Å²) in [4.78, 5) is 12.5. The lowest BCUT2D eigenvalue weighted by molar-refractivity contribution is 0.0551. The van der Waals surface area contributed by atoms with Crippen LogP contribution in [0.1, 0.15) is 22.8 Å². The Hall–Kier alpha value is -2.73. The number of nitrogens with one attached hydrogen (secondary N) is 1. The van der Waals surface area contributed by atoms with Crippen LogP contribution in [0.3, 0.4) is 0 Å². The first-order chi connectivity index (χ1) is 12.4. The molecule has 6 nitrogen and oxygen atoms in total. The Morgan fingerprint density at radius 2 is 1.73 bits per heavy atom. The van der Waals surface area contributed by atoms with E-state index < -0.39 is 5.60 Å². The van der Waals surface area contributed by atoms with Gasteiger partial charge in [0.15, 0.2) is 11.5 Å². The van der Waals surface area contributed by atoms with Crippen molar-refractivity contribution in [3.05, 3.63) is 53.6 Å². The SMILES string of the molecule is COc1ccc(CC(C)(O)CNC(=O)c2cccc(OC)c2OC)cc1. The lowest BCUT2D eigenvalue weighted by Gasteiger charge is -2.24. The maximum Gasteiger partial charge on any atom is 0.255 e. The molecule has 0 aliphatic rings. The molecular weight excluding hydrogens is 334 g/mol. The van der Waals surface area contributed by atoms with E-state index in [9.17, 15) is 9.90 Å². The van der Waals surface area contributed by atoms with E-state index in [2.05, 4.69) is 5.32 Å². The van der Waals surface area contributed by atoms with E-state index in [1.807, 2.05) is 24.3 Å². The summed E-state index contributed by atoms with van der Waals surface area (Å²) in [5.41, 5.74) is 0.201. The van der Waals surface area contributed by atoms with Gasteiger partial charge in [0.05, 0.1) is 32.5 Å². The predicted octanol–water partition coefficient (Wildman–Crippen LogP) is 2.44. The van der Waals surface area contributed by atoms with Crippen LogP contribution < -0.4 is 19.5 Å². The topological polar surface area (TPSA) is 77.0 Å². The predicted molar refractivity (Wildman–Crippen MR) is 99.2 cm³/mol. The van der Waals surface area contributed by atoms with Crippen LogP contribution in [0.15, 0.2) is 42.5 Å². The first-order valence-electron chi connectivity index (χ1n) is 8.24. The first kappa shape index (κ1) is 19.6. The number of hydrogen-bond donors (Lipinski definition) is 2. The second-order valence-corrected chi connectivity index (χ2v) is 6.25. The molecule has 0 spiro atoms. The molecule has 2 N–H and O–H groups in total. The number of benzene rings is 2. The minimum atomic E-state index is -1.10. The second kappa shape index (κ2) is 8.58. The van der Waals surface area contributed by atoms with Gasteiger partial charge in [-0.3, -0.25) is 4.79 Å². The number of methoxy groups -OCH3 is 3. The van der Waals surface area contributed by atoms with Crippen molar-refractivity contribution in [1.82, 2.24) is 5.32 Å². The van der Waals surface area contributed by atoms with Crippen molar-refractivity contribution in [1.29, 1.82) is 0 Å². The summed E-state index contributed by atoms with van der Waals surface area (Å²) in [6, 6.07) is 12.5. The minimum absolute atomic E-state index is 0.0955. The lowest BCUT2D eigenvalue weighted by atomic mass is 9.96. The van der Waals surface area contributed by atoms with Gasteiger partial charge in [-0.15, -0.1) is 0 Å². The summed E-state index contributed by atoms with van der Waals surface area (Å²) in [7, 11) is 4.60. The van der Waals surface area contributed by atoms with Crippen LogP contribution in [0.5, 0.6) is 17.2 Å². The fourth-order valence-electron chi connectivity index (χ4n) is 2.68. The Bertz CT molecular complexity index is 740. The van der Waals surface area contributed by atoms with Crippen molar-refractivity contribution < 1.29 is 24.1 Å². The highest BCUT2D eigenvalue weighted by Gasteiger charge is 2.24. The molecule has 140 valence electrons. The molecule has 0 saturated carbocycles. The Kier molecular flexibility index (Phi) is 6.46. The van der Waals surface area contributed by atoms with E-state index in [0.717, 1.165) is 11.3 Å². The van der Waals surface area contributed by atoms with Gasteiger partial charge in [0.2, 0.25) is 0 Å². The Morgan fingerprint density at radius 1 is 1.04 bits per heavy atom. The van der Waals surface area contributed by atoms with Gasteiger partial charge in [0.25, 0.3) is 5.91 Å². The number of rotatable bonds is 8. The molecular formula is C20H25NO5. The van der Waals surface area contributed by atoms with Gasteiger partial charge in [-0.25, -0.2) is 0 Å². The normalized spacial score (nSPS) is 12.8. The van der Waals surface area contributed by atoms with Crippen LogP contribution in [0.2, 0.25) is 0 Å². The number of carbonyl (C=O) groups excluding carboxylic acids is 1. The highest BCUT2D eigenvalue weighted by Crippen LogP contribution is 2.30. The van der Waals surface area contributed by atoms with Crippen molar-refractivity contribution in [3.8, 4) is 17.2 Å². The van der Waals surface area contributed by atoms with Crippen molar-refractivity contribution in [2.24, 2.45) is 0 Å². The maximum atomic E-state index is 12.5. The van der Waals surface area contributed by atoms with E-state index in [0.29, 0.717) is 23.5 Å². The van der Waals surface area contributed by atoms with Gasteiger partial charge >= 0.3 is 0 Å². The van der Waals surface area contributed by atoms with Crippen LogP contribution in [-0.4, -0.2) is 44.5 Å². The fourth-order valence-corrected chi connectivity index (χ4v) is 2.68. The fraction of sp³-hybridized carbons (Fsp3) is 0.350. The largest absolute Gasteiger partial charge is 0.497 e. The number of carbonyl (C=O) groups is 1. The van der Waals surface area contributed by atoms with Crippen LogP contribution in [0.25, 0.3) is 0 Å². The third kappa shape index (κ3) is 4.89. The van der Waals surface area contributed by atoms with Crippen LogP contribution in [0, 0.1) is 0 Å². The van der Waals surface area contributed by atoms with Gasteiger partial charge in [-0.2, -0.15) is 0 Å². The molecule has 0 bridgehead atoms. The van der Waals surface area contributed by atoms with Gasteiger partial charge in [0.1, 0.15) is 5.75 Å². The Morgan fingerprint density at radius 3 is 2.31 bits per heavy atom. The van der Waals surface area contributed by atoms with E-state index in [-0.39, 0.29) is 12.5 Å². The lowest BCUT2D eigenvalue weighted by Crippen LogP contribution is -2.42. The summed E-state index contributed by atoms with van der Waals surface area (Å²) in [6.07, 6.45) is 0.395. The minimum Gasteiger partial charge on any atom is -0.497 e. The molecule has 2 rings (SSSR count). The second-order valence-electron chi connectivity index (χ2n) is 6.25. The van der Waals surface area contributed by atoms with Gasteiger partial charge in [-0.1, -0.05) is 18.2 Å². The zero-order valence-corrected chi connectivity index (χ0v) is 15.5. The van der Waals surface area contributed by atoms with Gasteiger partial charge < -0.3 is 24.6 Å². The number of ether oxygens (including phenoxy) is 3. The Balaban J connectivity index is 2.03. The molecule has 1 amide bonds. The molecule has 6 heteroatoms. The molecule has 1 atom stereocenters. The number of amides is 1. The van der Waals surface area contributed by atoms with E-state index in [1.54, 1.807) is 32.2 Å². The van der Waals surface area contributed by atoms with Gasteiger partial charge in [0, 0.05) is 13.0 Å². The van der Waals surface area contributed by atoms with Crippen molar-refractivity contribution in [2.75, 3.05) is 27.9 Å². The summed E-state index contributed by atoms with van der Waals surface area (Å²) >= 11 is 0. The average Bonchev–Trinajstić information content (AvgIpc) is 2.65. The van der Waals surface area contributed by atoms with Crippen LogP contribution >= 0.6 is 0 Å². The standard InChI is InChI=1S/C20H25NO5/c1-20(23,12-14-8-10-15(24-2)11-9-14)13-21-19(22)16-6-5-7-17(25-3)18(16)26-4/h5-11,23H,12-13H2,1-4H3,(H,21,22). The quantitative estimate of drug-likeness (QED) is 0.757. The van der Waals surface area contributed by atoms with Crippen molar-refractivity contribution in [3.63, 3.8) is 0 Å². The summed E-state index contributed by atoms with van der Waals surface area (Å²) in [5, 5.41) is 13.4. The average molecular weight is 359 g/mol. The zero-order valence-electron chi connectivity index (χ0n) is 15.5. The van der Waals surface area contributed by atoms with E-state index >= 15 is 0 Å². The third-order valence-electron chi connectivity index (χ3n) is 4.02. The number of para-hydroxylation sites is 1. The van der Waals surface area contributed by atoms with E-state index in [1.165, 1.54) is 14.2 Å². The highest BCUT2D eigenvalue weighted by molar-refractivity contribution is 5.97. The molecule has 0 fully saturated rings. The van der Waals surface area contributed by atoms with E-state index in [4.69, 9.17) is 14.2 Å². The van der Waals surface area contributed by atoms with Crippen molar-refractivity contribution in [2.45, 2.75) is 18.9 Å². The van der Waals surface area contributed by atoms with Crippen LogP contribution in [-0.2, 0) is 6.42 Å². The molecule has 0 saturated heterocycles. The highest BCUT2D eigenvalue weighted by atomic mass is 16.5. The molecule has 2 aromatic carbocycles. The number of hydrogen-bond acceptors (Lipinski definition) is 5. The van der Waals surface area contributed by atoms with Gasteiger partial charge in [-0.05, 0) is 36.8 Å². The molecule has 0 aromatic heterocycles. The maximum absolute atomic E-state index is 12.5. The molecule has 2 aromatic rings. The van der Waals surface area contributed by atoms with Crippen LogP contribution in [0.4, 0.5) is 0 Å². The molecule has 0 aliphatic heterocycles. The molecule has 0 radical (unpaired) electrons. The summed E-state index contributed by atoms with van der Waals surface area (Å²) in [6.45, 7) is 1.78. The zero-order chi connectivity index (χ0) is 19.2. The first-order valence-corrected chi connectivity index (χ1v) is 8.24. The monoisotopic (exact) mass is 359 g/mol. The number of aliphatic hydroxyl groups is 1. The summed E-state index contributed by atoms with van der Waals surface area (Å²) in [5.74, 6) is 1.26. The molecule has 26 heavy (non-hydrogen) atoms. The smallest absolute Gasteiger partial charge is 0.255 e.